The molecule has 0 bridgehead atoms. The largest absolute Gasteiger partial charge is 0.481 e. The topological polar surface area (TPSA) is 74.6 Å². The van der Waals surface area contributed by atoms with Gasteiger partial charge in [0, 0.05) is 0 Å². The van der Waals surface area contributed by atoms with E-state index in [1.807, 2.05) is 0 Å². The molecule has 0 aromatic rings. The number of hydrogen-bond donors (Lipinski definition) is 2. The summed E-state index contributed by atoms with van der Waals surface area (Å²) in [6.45, 7) is 0. The molecule has 0 unspecified atom stereocenters. The van der Waals surface area contributed by atoms with Gasteiger partial charge in [0.25, 0.3) is 0 Å². The Morgan fingerprint density at radius 2 is 1.69 bits per heavy atom. The van der Waals surface area contributed by atoms with Gasteiger partial charge < -0.3 is 10.2 Å². The van der Waals surface area contributed by atoms with Crippen molar-refractivity contribution in [1.29, 1.82) is 0 Å². The second-order valence-electron chi connectivity index (χ2n) is 3.38. The van der Waals surface area contributed by atoms with Crippen LogP contribution in [0.15, 0.2) is 0 Å². The molecule has 0 spiro atoms. The third-order valence-corrected chi connectivity index (χ3v) is 2.51. The first-order chi connectivity index (χ1) is 5.96. The van der Waals surface area contributed by atoms with E-state index >= 15 is 0 Å². The minimum Gasteiger partial charge on any atom is -0.481 e. The lowest BCUT2D eigenvalue weighted by molar-refractivity contribution is -0.157. The maximum atomic E-state index is 13.3. The quantitative estimate of drug-likeness (QED) is 0.682. The van der Waals surface area contributed by atoms with Crippen LogP contribution in [-0.2, 0) is 9.59 Å². The molecule has 5 heteroatoms. The molecule has 0 saturated heterocycles. The maximum Gasteiger partial charge on any atom is 0.341 e. The molecule has 2 N–H and O–H groups in total. The molecule has 0 heterocycles. The molecule has 13 heavy (non-hydrogen) atoms. The van der Waals surface area contributed by atoms with Crippen LogP contribution >= 0.6 is 0 Å². The molecule has 0 atom stereocenters. The Balaban J connectivity index is 2.56. The van der Waals surface area contributed by atoms with Gasteiger partial charge in [0.1, 0.15) is 0 Å². The lowest BCUT2D eigenvalue weighted by Gasteiger charge is -2.28. The smallest absolute Gasteiger partial charge is 0.341 e. The Morgan fingerprint density at radius 1 is 1.23 bits per heavy atom. The molecule has 1 saturated carbocycles. The van der Waals surface area contributed by atoms with Crippen molar-refractivity contribution in [3.63, 3.8) is 0 Å². The Morgan fingerprint density at radius 3 is 2.00 bits per heavy atom. The fraction of sp³-hybridized carbons (Fsp3) is 0.750. The first-order valence-electron chi connectivity index (χ1n) is 4.11. The Kier molecular flexibility index (Phi) is 2.54. The summed E-state index contributed by atoms with van der Waals surface area (Å²) in [5.41, 5.74) is -2.20. The van der Waals surface area contributed by atoms with Crippen LogP contribution < -0.4 is 0 Å². The van der Waals surface area contributed by atoms with Crippen LogP contribution in [0.25, 0.3) is 0 Å². The lowest BCUT2D eigenvalue weighted by atomic mass is 9.80. The van der Waals surface area contributed by atoms with Crippen molar-refractivity contribution in [2.24, 2.45) is 5.92 Å². The minimum atomic E-state index is -2.20. The van der Waals surface area contributed by atoms with Crippen LogP contribution in [0, 0.1) is 5.92 Å². The molecule has 0 aromatic carbocycles. The summed E-state index contributed by atoms with van der Waals surface area (Å²) in [6.07, 6.45) is -0.172. The molecule has 1 rings (SSSR count). The summed E-state index contributed by atoms with van der Waals surface area (Å²) >= 11 is 0. The number of rotatable bonds is 2. The molecule has 1 fully saturated rings. The van der Waals surface area contributed by atoms with Gasteiger partial charge in [0.05, 0.1) is 5.92 Å². The number of halogens is 1. The third kappa shape index (κ3) is 1.96. The van der Waals surface area contributed by atoms with Crippen LogP contribution in [0.3, 0.4) is 0 Å². The summed E-state index contributed by atoms with van der Waals surface area (Å²) in [4.78, 5) is 20.9. The van der Waals surface area contributed by atoms with E-state index in [9.17, 15) is 14.0 Å². The molecule has 4 nitrogen and oxygen atoms in total. The molecular formula is C8H11FO4. The van der Waals surface area contributed by atoms with Gasteiger partial charge in [-0.2, -0.15) is 0 Å². The van der Waals surface area contributed by atoms with Crippen molar-refractivity contribution in [1.82, 2.24) is 0 Å². The van der Waals surface area contributed by atoms with Crippen LogP contribution in [0.1, 0.15) is 25.7 Å². The predicted octanol–water partition coefficient (Wildman–Crippen LogP) is 1.05. The second kappa shape index (κ2) is 3.32. The van der Waals surface area contributed by atoms with Gasteiger partial charge in [-0.15, -0.1) is 0 Å². The van der Waals surface area contributed by atoms with Crippen LogP contribution in [-0.4, -0.2) is 27.8 Å². The highest BCUT2D eigenvalue weighted by Gasteiger charge is 2.43. The molecule has 1 aliphatic rings. The van der Waals surface area contributed by atoms with Crippen molar-refractivity contribution >= 4 is 11.9 Å². The fourth-order valence-electron chi connectivity index (χ4n) is 1.54. The van der Waals surface area contributed by atoms with E-state index in [1.54, 1.807) is 0 Å². The zero-order valence-electron chi connectivity index (χ0n) is 6.99. The highest BCUT2D eigenvalue weighted by molar-refractivity contribution is 5.78. The summed E-state index contributed by atoms with van der Waals surface area (Å²) < 4.78 is 13.3. The van der Waals surface area contributed by atoms with Gasteiger partial charge >= 0.3 is 11.9 Å². The molecule has 74 valence electrons. The Hall–Kier alpha value is -1.13. The summed E-state index contributed by atoms with van der Waals surface area (Å²) in [5.74, 6) is -3.02. The summed E-state index contributed by atoms with van der Waals surface area (Å²) in [5, 5.41) is 17.1. The van der Waals surface area contributed by atoms with E-state index in [-0.39, 0.29) is 25.7 Å². The van der Waals surface area contributed by atoms with Crippen molar-refractivity contribution in [2.45, 2.75) is 31.4 Å². The van der Waals surface area contributed by atoms with Crippen LogP contribution in [0.5, 0.6) is 0 Å². The van der Waals surface area contributed by atoms with E-state index in [4.69, 9.17) is 10.2 Å². The highest BCUT2D eigenvalue weighted by atomic mass is 19.1. The standard InChI is InChI=1S/C8H11FO4/c9-8(7(12)13)3-1-5(2-4-8)6(10)11/h5H,1-4H2,(H,10,11)(H,12,13). The molecule has 1 aliphatic carbocycles. The Labute approximate surface area is 74.4 Å². The fourth-order valence-corrected chi connectivity index (χ4v) is 1.54. The molecule has 0 amide bonds. The molecule has 0 aromatic heterocycles. The number of carboxylic acid groups (broad SMARTS) is 2. The average Bonchev–Trinajstić information content (AvgIpc) is 2.04. The number of carbonyl (C=O) groups is 2. The lowest BCUT2D eigenvalue weighted by Crippen LogP contribution is -2.39. The maximum absolute atomic E-state index is 13.3. The molecular weight excluding hydrogens is 179 g/mol. The normalized spacial score (nSPS) is 34.1. The minimum absolute atomic E-state index is 0.109. The highest BCUT2D eigenvalue weighted by Crippen LogP contribution is 2.35. The van der Waals surface area contributed by atoms with Crippen molar-refractivity contribution in [2.75, 3.05) is 0 Å². The number of aliphatic carboxylic acids is 2. The zero-order chi connectivity index (χ0) is 10.1. The number of alkyl halides is 1. The van der Waals surface area contributed by atoms with Crippen LogP contribution in [0.2, 0.25) is 0 Å². The van der Waals surface area contributed by atoms with Gasteiger partial charge in [-0.1, -0.05) is 0 Å². The summed E-state index contributed by atoms with van der Waals surface area (Å²) in [7, 11) is 0. The zero-order valence-corrected chi connectivity index (χ0v) is 6.99. The monoisotopic (exact) mass is 190 g/mol. The van der Waals surface area contributed by atoms with Gasteiger partial charge in [-0.3, -0.25) is 4.79 Å². The van der Waals surface area contributed by atoms with E-state index in [0.29, 0.717) is 0 Å². The van der Waals surface area contributed by atoms with Crippen LogP contribution in [0.4, 0.5) is 4.39 Å². The number of hydrogen-bond acceptors (Lipinski definition) is 2. The number of carboxylic acids is 2. The van der Waals surface area contributed by atoms with Gasteiger partial charge in [0.15, 0.2) is 0 Å². The van der Waals surface area contributed by atoms with E-state index in [1.165, 1.54) is 0 Å². The van der Waals surface area contributed by atoms with Gasteiger partial charge in [-0.25, -0.2) is 9.18 Å². The molecule has 0 aliphatic heterocycles. The predicted molar refractivity (Wildman–Crippen MR) is 41.1 cm³/mol. The van der Waals surface area contributed by atoms with E-state index in [0.717, 1.165) is 0 Å². The SMILES string of the molecule is O=C(O)C1CCC(F)(C(=O)O)CC1. The van der Waals surface area contributed by atoms with E-state index < -0.39 is 23.5 Å². The van der Waals surface area contributed by atoms with Crippen molar-refractivity contribution in [3.05, 3.63) is 0 Å². The van der Waals surface area contributed by atoms with Crippen molar-refractivity contribution < 1.29 is 24.2 Å². The van der Waals surface area contributed by atoms with E-state index in [2.05, 4.69) is 0 Å². The third-order valence-electron chi connectivity index (χ3n) is 2.51. The first kappa shape index (κ1) is 9.95. The first-order valence-corrected chi connectivity index (χ1v) is 4.11. The molecule has 0 radical (unpaired) electrons. The van der Waals surface area contributed by atoms with Crippen molar-refractivity contribution in [3.8, 4) is 0 Å². The van der Waals surface area contributed by atoms with Gasteiger partial charge in [-0.05, 0) is 25.7 Å². The average molecular weight is 190 g/mol. The summed E-state index contributed by atoms with van der Waals surface area (Å²) in [6, 6.07) is 0. The Bertz CT molecular complexity index is 230. The van der Waals surface area contributed by atoms with Gasteiger partial charge in [0.2, 0.25) is 5.67 Å². The second-order valence-corrected chi connectivity index (χ2v) is 3.38.